The molecule has 0 radical (unpaired) electrons. The summed E-state index contributed by atoms with van der Waals surface area (Å²) < 4.78 is 2.01. The zero-order chi connectivity index (χ0) is 12.4. The molecule has 0 atom stereocenters. The van der Waals surface area contributed by atoms with Crippen molar-refractivity contribution in [2.75, 3.05) is 5.43 Å². The van der Waals surface area contributed by atoms with Crippen molar-refractivity contribution in [2.24, 2.45) is 5.84 Å². The number of pyridine rings is 1. The minimum absolute atomic E-state index is 0.748. The molecule has 90 valence electrons. The predicted octanol–water partition coefficient (Wildman–Crippen LogP) is 4.00. The number of anilines is 1. The van der Waals surface area contributed by atoms with Gasteiger partial charge in [-0.15, -0.1) is 0 Å². The van der Waals surface area contributed by atoms with Crippen LogP contribution in [0.15, 0.2) is 27.1 Å². The first-order valence-corrected chi connectivity index (χ1v) is 7.00. The number of nitrogens with two attached hydrogens (primary N) is 1. The van der Waals surface area contributed by atoms with E-state index in [0.717, 1.165) is 44.1 Å². The van der Waals surface area contributed by atoms with E-state index in [1.807, 2.05) is 12.1 Å². The number of benzene rings is 1. The first-order chi connectivity index (χ1) is 8.17. The molecule has 0 bridgehead atoms. The van der Waals surface area contributed by atoms with Crippen LogP contribution in [-0.4, -0.2) is 4.98 Å². The van der Waals surface area contributed by atoms with Crippen LogP contribution in [0.3, 0.4) is 0 Å². The molecule has 5 heteroatoms. The second-order valence-electron chi connectivity index (χ2n) is 3.82. The van der Waals surface area contributed by atoms with Gasteiger partial charge in [0.25, 0.3) is 0 Å². The number of halogens is 2. The number of nitrogens with one attached hydrogen (secondary N) is 1. The largest absolute Gasteiger partial charge is 0.308 e. The summed E-state index contributed by atoms with van der Waals surface area (Å²) in [4.78, 5) is 4.56. The Kier molecular flexibility index (Phi) is 4.01. The molecule has 0 spiro atoms. The fraction of sp³-hybridized carbons (Fsp3) is 0.250. The highest BCUT2D eigenvalue weighted by atomic mass is 79.9. The van der Waals surface area contributed by atoms with Crippen molar-refractivity contribution in [1.29, 1.82) is 0 Å². The van der Waals surface area contributed by atoms with Crippen molar-refractivity contribution in [3.05, 3.63) is 32.7 Å². The van der Waals surface area contributed by atoms with Gasteiger partial charge < -0.3 is 5.43 Å². The van der Waals surface area contributed by atoms with Gasteiger partial charge in [-0.05, 0) is 46.1 Å². The van der Waals surface area contributed by atoms with E-state index < -0.39 is 0 Å². The quantitative estimate of drug-likeness (QED) is 0.644. The molecular weight excluding hydrogens is 346 g/mol. The topological polar surface area (TPSA) is 50.9 Å². The molecule has 0 aliphatic rings. The normalized spacial score (nSPS) is 10.8. The van der Waals surface area contributed by atoms with Gasteiger partial charge in [0.1, 0.15) is 5.82 Å². The van der Waals surface area contributed by atoms with Crippen LogP contribution in [0.4, 0.5) is 5.82 Å². The number of aromatic nitrogens is 1. The lowest BCUT2D eigenvalue weighted by atomic mass is 10.1. The lowest BCUT2D eigenvalue weighted by molar-refractivity contribution is 0.917. The Morgan fingerprint density at radius 3 is 2.65 bits per heavy atom. The number of fused-ring (bicyclic) bond motifs is 1. The minimum Gasteiger partial charge on any atom is -0.308 e. The summed E-state index contributed by atoms with van der Waals surface area (Å²) in [5, 5.41) is 1.10. The van der Waals surface area contributed by atoms with Gasteiger partial charge in [-0.25, -0.2) is 10.8 Å². The van der Waals surface area contributed by atoms with E-state index in [9.17, 15) is 0 Å². The summed E-state index contributed by atoms with van der Waals surface area (Å²) in [5.41, 5.74) is 4.72. The number of hydrogen-bond acceptors (Lipinski definition) is 3. The Bertz CT molecular complexity index is 555. The predicted molar refractivity (Wildman–Crippen MR) is 78.9 cm³/mol. The molecule has 1 aromatic carbocycles. The fourth-order valence-corrected chi connectivity index (χ4v) is 2.69. The standard InChI is InChI=1S/C12H13Br2N3/c1-2-3-7-6-8-9(13)4-5-10(14)11(8)16-12(7)17-15/h4-6H,2-3,15H2,1H3,(H,16,17). The number of rotatable bonds is 3. The highest BCUT2D eigenvalue weighted by Gasteiger charge is 2.09. The van der Waals surface area contributed by atoms with E-state index >= 15 is 0 Å². The molecule has 0 unspecified atom stereocenters. The summed E-state index contributed by atoms with van der Waals surface area (Å²) in [6.07, 6.45) is 2.02. The van der Waals surface area contributed by atoms with Crippen molar-refractivity contribution in [3.63, 3.8) is 0 Å². The maximum Gasteiger partial charge on any atom is 0.143 e. The van der Waals surface area contributed by atoms with Gasteiger partial charge in [-0.2, -0.15) is 0 Å². The lowest BCUT2D eigenvalue weighted by Crippen LogP contribution is -2.11. The zero-order valence-electron chi connectivity index (χ0n) is 9.43. The summed E-state index contributed by atoms with van der Waals surface area (Å²) in [6.45, 7) is 2.14. The first kappa shape index (κ1) is 12.8. The van der Waals surface area contributed by atoms with Crippen LogP contribution in [0.2, 0.25) is 0 Å². The summed E-state index contributed by atoms with van der Waals surface area (Å²) in [5.74, 6) is 6.27. The monoisotopic (exact) mass is 357 g/mol. The Labute approximate surface area is 117 Å². The van der Waals surface area contributed by atoms with Crippen LogP contribution in [0.25, 0.3) is 10.9 Å². The van der Waals surface area contributed by atoms with E-state index in [1.54, 1.807) is 0 Å². The van der Waals surface area contributed by atoms with Crippen LogP contribution in [0.5, 0.6) is 0 Å². The highest BCUT2D eigenvalue weighted by Crippen LogP contribution is 2.32. The molecular formula is C12H13Br2N3. The molecule has 2 aromatic rings. The first-order valence-electron chi connectivity index (χ1n) is 5.41. The second-order valence-corrected chi connectivity index (χ2v) is 5.52. The molecule has 0 aliphatic heterocycles. The average Bonchev–Trinajstić information content (AvgIpc) is 2.34. The molecule has 17 heavy (non-hydrogen) atoms. The molecule has 0 fully saturated rings. The molecule has 0 amide bonds. The van der Waals surface area contributed by atoms with Crippen molar-refractivity contribution >= 4 is 48.6 Å². The maximum atomic E-state index is 5.52. The Morgan fingerprint density at radius 2 is 2.00 bits per heavy atom. The van der Waals surface area contributed by atoms with E-state index in [0.29, 0.717) is 0 Å². The molecule has 0 saturated carbocycles. The van der Waals surface area contributed by atoms with Gasteiger partial charge in [0.15, 0.2) is 0 Å². The smallest absolute Gasteiger partial charge is 0.143 e. The molecule has 2 rings (SSSR count). The van der Waals surface area contributed by atoms with Gasteiger partial charge in [0.05, 0.1) is 5.52 Å². The maximum absolute atomic E-state index is 5.52. The highest BCUT2D eigenvalue weighted by molar-refractivity contribution is 9.11. The molecule has 3 nitrogen and oxygen atoms in total. The van der Waals surface area contributed by atoms with Gasteiger partial charge in [-0.1, -0.05) is 29.3 Å². The summed E-state index contributed by atoms with van der Waals surface area (Å²) >= 11 is 7.06. The van der Waals surface area contributed by atoms with Gasteiger partial charge in [0, 0.05) is 14.3 Å². The Balaban J connectivity index is 2.73. The van der Waals surface area contributed by atoms with Crippen molar-refractivity contribution in [1.82, 2.24) is 4.98 Å². The molecule has 1 aromatic heterocycles. The summed E-state index contributed by atoms with van der Waals surface area (Å²) in [7, 11) is 0. The van der Waals surface area contributed by atoms with E-state index in [1.165, 1.54) is 0 Å². The average molecular weight is 359 g/mol. The number of nitrogens with zero attached hydrogens (tertiary/aromatic N) is 1. The third kappa shape index (κ3) is 2.46. The third-order valence-corrected chi connectivity index (χ3v) is 3.95. The van der Waals surface area contributed by atoms with Crippen molar-refractivity contribution in [3.8, 4) is 0 Å². The molecule has 3 N–H and O–H groups in total. The Hall–Kier alpha value is -0.650. The van der Waals surface area contributed by atoms with E-state index in [4.69, 9.17) is 5.84 Å². The van der Waals surface area contributed by atoms with E-state index in [-0.39, 0.29) is 0 Å². The van der Waals surface area contributed by atoms with Gasteiger partial charge in [0.2, 0.25) is 0 Å². The van der Waals surface area contributed by atoms with Crippen molar-refractivity contribution in [2.45, 2.75) is 19.8 Å². The van der Waals surface area contributed by atoms with Crippen LogP contribution >= 0.6 is 31.9 Å². The van der Waals surface area contributed by atoms with Crippen LogP contribution < -0.4 is 11.3 Å². The van der Waals surface area contributed by atoms with E-state index in [2.05, 4.69) is 55.3 Å². The van der Waals surface area contributed by atoms with Gasteiger partial charge in [-0.3, -0.25) is 0 Å². The zero-order valence-corrected chi connectivity index (χ0v) is 12.6. The van der Waals surface area contributed by atoms with Gasteiger partial charge >= 0.3 is 0 Å². The van der Waals surface area contributed by atoms with Crippen molar-refractivity contribution < 1.29 is 0 Å². The molecule has 0 aliphatic carbocycles. The molecule has 0 saturated heterocycles. The number of hydrazine groups is 1. The SMILES string of the molecule is CCCc1cc2c(Br)ccc(Br)c2nc1NN. The molecule has 1 heterocycles. The second kappa shape index (κ2) is 5.33. The van der Waals surface area contributed by atoms with Crippen LogP contribution in [0, 0.1) is 0 Å². The van der Waals surface area contributed by atoms with Crippen LogP contribution in [-0.2, 0) is 6.42 Å². The summed E-state index contributed by atoms with van der Waals surface area (Å²) in [6, 6.07) is 6.12. The fourth-order valence-electron chi connectivity index (χ4n) is 1.82. The minimum atomic E-state index is 0.748. The number of aryl methyl sites for hydroxylation is 1. The van der Waals surface area contributed by atoms with Crippen LogP contribution in [0.1, 0.15) is 18.9 Å². The lowest BCUT2D eigenvalue weighted by Gasteiger charge is -2.11. The third-order valence-electron chi connectivity index (χ3n) is 2.62. The Morgan fingerprint density at radius 1 is 1.29 bits per heavy atom. The number of nitrogen functional groups attached to an aromatic ring is 1. The number of hydrogen-bond donors (Lipinski definition) is 2.